The number of hydrogen-bond donors (Lipinski definition) is 0. The van der Waals surface area contributed by atoms with Gasteiger partial charge in [0.1, 0.15) is 11.9 Å². The van der Waals surface area contributed by atoms with Crippen molar-refractivity contribution in [3.8, 4) is 0 Å². The van der Waals surface area contributed by atoms with Gasteiger partial charge in [0.2, 0.25) is 11.8 Å². The second kappa shape index (κ2) is 5.57. The van der Waals surface area contributed by atoms with Gasteiger partial charge in [-0.1, -0.05) is 12.1 Å². The summed E-state index contributed by atoms with van der Waals surface area (Å²) >= 11 is 1.69. The average molecular weight is 322 g/mol. The summed E-state index contributed by atoms with van der Waals surface area (Å²) in [5, 5.41) is 0. The van der Waals surface area contributed by atoms with E-state index in [0.29, 0.717) is 18.7 Å². The highest BCUT2D eigenvalue weighted by Crippen LogP contribution is 2.47. The molecule has 2 amide bonds. The number of rotatable bonds is 3. The highest BCUT2D eigenvalue weighted by molar-refractivity contribution is 8.01. The minimum Gasteiger partial charge on any atom is -0.340 e. The van der Waals surface area contributed by atoms with Crippen LogP contribution in [0.15, 0.2) is 24.3 Å². The molecule has 118 valence electrons. The molecule has 0 aliphatic carbocycles. The number of halogens is 1. The molecule has 0 saturated carbocycles. The summed E-state index contributed by atoms with van der Waals surface area (Å²) in [5.74, 6) is 0.384. The molecule has 2 saturated heterocycles. The topological polar surface area (TPSA) is 40.6 Å². The van der Waals surface area contributed by atoms with E-state index in [1.807, 2.05) is 6.92 Å². The van der Waals surface area contributed by atoms with Crippen LogP contribution in [0.1, 0.15) is 25.3 Å². The molecule has 6 heteroatoms. The van der Waals surface area contributed by atoms with E-state index in [4.69, 9.17) is 0 Å². The molecule has 2 unspecified atom stereocenters. The van der Waals surface area contributed by atoms with Crippen molar-refractivity contribution in [3.05, 3.63) is 35.6 Å². The third-order valence-electron chi connectivity index (χ3n) is 4.44. The lowest BCUT2D eigenvalue weighted by Crippen LogP contribution is -2.50. The van der Waals surface area contributed by atoms with Crippen LogP contribution < -0.4 is 0 Å². The Balaban J connectivity index is 1.71. The largest absolute Gasteiger partial charge is 0.340 e. The van der Waals surface area contributed by atoms with Gasteiger partial charge in [-0.05, 0) is 31.0 Å². The van der Waals surface area contributed by atoms with Crippen LogP contribution in [0.4, 0.5) is 4.39 Å². The first kappa shape index (κ1) is 15.3. The molecule has 0 spiro atoms. The summed E-state index contributed by atoms with van der Waals surface area (Å²) < 4.78 is 12.9. The minimum absolute atomic E-state index is 0.0456. The van der Waals surface area contributed by atoms with Crippen LogP contribution in [0.5, 0.6) is 0 Å². The van der Waals surface area contributed by atoms with Crippen molar-refractivity contribution in [3.63, 3.8) is 0 Å². The first-order valence-corrected chi connectivity index (χ1v) is 8.35. The molecule has 0 radical (unpaired) electrons. The van der Waals surface area contributed by atoms with E-state index >= 15 is 0 Å². The van der Waals surface area contributed by atoms with E-state index in [0.717, 1.165) is 12.0 Å². The Kier molecular flexibility index (Phi) is 3.89. The summed E-state index contributed by atoms with van der Waals surface area (Å²) in [5.41, 5.74) is 0.874. The molecule has 4 nitrogen and oxygen atoms in total. The minimum atomic E-state index is -0.379. The smallest absolute Gasteiger partial charge is 0.246 e. The highest BCUT2D eigenvalue weighted by Gasteiger charge is 2.53. The third-order valence-corrected chi connectivity index (χ3v) is 5.94. The van der Waals surface area contributed by atoms with Crippen molar-refractivity contribution in [2.24, 2.45) is 0 Å². The van der Waals surface area contributed by atoms with E-state index < -0.39 is 0 Å². The monoisotopic (exact) mass is 322 g/mol. The van der Waals surface area contributed by atoms with Gasteiger partial charge in [-0.2, -0.15) is 0 Å². The first-order valence-electron chi connectivity index (χ1n) is 7.36. The Morgan fingerprint density at radius 2 is 2.14 bits per heavy atom. The second-order valence-corrected chi connectivity index (χ2v) is 7.59. The summed E-state index contributed by atoms with van der Waals surface area (Å²) in [7, 11) is 1.73. The molecule has 1 aromatic carbocycles. The van der Waals surface area contributed by atoms with Crippen molar-refractivity contribution in [1.29, 1.82) is 0 Å². The van der Waals surface area contributed by atoms with E-state index in [9.17, 15) is 14.0 Å². The van der Waals surface area contributed by atoms with Crippen LogP contribution in [0.2, 0.25) is 0 Å². The number of likely N-dealkylation sites (N-methyl/N-ethyl adjacent to an activating group) is 1. The zero-order valence-corrected chi connectivity index (χ0v) is 13.5. The number of amides is 2. The van der Waals surface area contributed by atoms with Crippen LogP contribution in [0.25, 0.3) is 0 Å². The number of carbonyl (C=O) groups excluding carboxylic acids is 2. The Morgan fingerprint density at radius 1 is 1.45 bits per heavy atom. The van der Waals surface area contributed by atoms with Crippen molar-refractivity contribution >= 4 is 23.6 Å². The number of nitrogens with zero attached hydrogens (tertiary/aromatic N) is 2. The molecule has 3 rings (SSSR count). The maximum Gasteiger partial charge on any atom is 0.246 e. The predicted molar refractivity (Wildman–Crippen MR) is 83.6 cm³/mol. The predicted octanol–water partition coefficient (Wildman–Crippen LogP) is 2.24. The molecule has 2 aliphatic rings. The van der Waals surface area contributed by atoms with Gasteiger partial charge in [-0.25, -0.2) is 4.39 Å². The van der Waals surface area contributed by atoms with E-state index in [1.165, 1.54) is 12.1 Å². The van der Waals surface area contributed by atoms with Gasteiger partial charge in [0.05, 0.1) is 4.87 Å². The maximum atomic E-state index is 12.9. The van der Waals surface area contributed by atoms with E-state index in [1.54, 1.807) is 40.7 Å². The van der Waals surface area contributed by atoms with Crippen LogP contribution in [0.3, 0.4) is 0 Å². The average Bonchev–Trinajstić information content (AvgIpc) is 2.98. The molecule has 22 heavy (non-hydrogen) atoms. The van der Waals surface area contributed by atoms with Gasteiger partial charge in [-0.3, -0.25) is 9.59 Å². The molecule has 2 fully saturated rings. The molecule has 0 N–H and O–H groups in total. The van der Waals surface area contributed by atoms with Gasteiger partial charge < -0.3 is 9.80 Å². The lowest BCUT2D eigenvalue weighted by atomic mass is 10.1. The van der Waals surface area contributed by atoms with Crippen LogP contribution in [-0.2, 0) is 16.1 Å². The van der Waals surface area contributed by atoms with Gasteiger partial charge in [0, 0.05) is 25.8 Å². The Hall–Kier alpha value is -1.56. The number of benzene rings is 1. The third kappa shape index (κ3) is 2.60. The fraction of sp³-hybridized carbons (Fsp3) is 0.500. The van der Waals surface area contributed by atoms with Gasteiger partial charge in [0.15, 0.2) is 0 Å². The quantitative estimate of drug-likeness (QED) is 0.857. The fourth-order valence-electron chi connectivity index (χ4n) is 3.20. The standard InChI is InChI=1S/C16H19FN2O2S/c1-16-8-7-14(20)19(16)13(10-22-16)15(21)18(2)9-11-3-5-12(17)6-4-11/h3-6,13H,7-10H2,1-2H3. The SMILES string of the molecule is CN(Cc1ccc(F)cc1)C(=O)C1CSC2(C)CCC(=O)N12. The van der Waals surface area contributed by atoms with Gasteiger partial charge in [-0.15, -0.1) is 11.8 Å². The second-order valence-electron chi connectivity index (χ2n) is 6.09. The number of carbonyl (C=O) groups is 2. The number of hydrogen-bond acceptors (Lipinski definition) is 3. The summed E-state index contributed by atoms with van der Waals surface area (Å²) in [4.78, 5) is 27.9. The molecule has 2 aliphatic heterocycles. The van der Waals surface area contributed by atoms with Crippen molar-refractivity contribution in [1.82, 2.24) is 9.80 Å². The Bertz CT molecular complexity index is 607. The lowest BCUT2D eigenvalue weighted by Gasteiger charge is -2.32. The molecule has 0 aromatic heterocycles. The zero-order chi connectivity index (χ0) is 15.9. The fourth-order valence-corrected chi connectivity index (χ4v) is 4.62. The molecular formula is C16H19FN2O2S. The molecule has 2 atom stereocenters. The van der Waals surface area contributed by atoms with Crippen LogP contribution in [-0.4, -0.2) is 45.3 Å². The normalized spacial score (nSPS) is 27.1. The molecule has 2 heterocycles. The van der Waals surface area contributed by atoms with Crippen molar-refractivity contribution in [2.75, 3.05) is 12.8 Å². The molecule has 0 bridgehead atoms. The van der Waals surface area contributed by atoms with Gasteiger partial charge >= 0.3 is 0 Å². The summed E-state index contributed by atoms with van der Waals surface area (Å²) in [6.45, 7) is 2.45. The highest BCUT2D eigenvalue weighted by atomic mass is 32.2. The Morgan fingerprint density at radius 3 is 2.82 bits per heavy atom. The number of fused-ring (bicyclic) bond motifs is 1. The summed E-state index contributed by atoms with van der Waals surface area (Å²) in [6.07, 6.45) is 1.33. The van der Waals surface area contributed by atoms with Crippen LogP contribution >= 0.6 is 11.8 Å². The first-order chi connectivity index (χ1) is 10.4. The van der Waals surface area contributed by atoms with E-state index in [2.05, 4.69) is 0 Å². The van der Waals surface area contributed by atoms with Crippen molar-refractivity contribution < 1.29 is 14.0 Å². The van der Waals surface area contributed by atoms with Crippen LogP contribution in [0, 0.1) is 5.82 Å². The summed E-state index contributed by atoms with van der Waals surface area (Å²) in [6, 6.07) is 5.75. The lowest BCUT2D eigenvalue weighted by molar-refractivity contribution is -0.143. The van der Waals surface area contributed by atoms with Gasteiger partial charge in [0.25, 0.3) is 0 Å². The Labute approximate surface area is 133 Å². The molecule has 1 aromatic rings. The van der Waals surface area contributed by atoms with E-state index in [-0.39, 0.29) is 28.5 Å². The molecular weight excluding hydrogens is 303 g/mol. The van der Waals surface area contributed by atoms with Crippen molar-refractivity contribution in [2.45, 2.75) is 37.2 Å². The number of thioether (sulfide) groups is 1. The maximum absolute atomic E-state index is 12.9. The zero-order valence-electron chi connectivity index (χ0n) is 12.7.